The Morgan fingerprint density at radius 3 is 2.27 bits per heavy atom. The van der Waals surface area contributed by atoms with Gasteiger partial charge < -0.3 is 24.3 Å². The summed E-state index contributed by atoms with van der Waals surface area (Å²) in [4.78, 5) is 33.7. The lowest BCUT2D eigenvalue weighted by Crippen LogP contribution is -2.44. The number of amides is 2. The van der Waals surface area contributed by atoms with Crippen molar-refractivity contribution in [2.45, 2.75) is 71.3 Å². The molecule has 1 N–H and O–H groups in total. The number of ether oxygens (including phenoxy) is 2. The van der Waals surface area contributed by atoms with E-state index in [9.17, 15) is 9.59 Å². The van der Waals surface area contributed by atoms with Gasteiger partial charge in [0.05, 0.1) is 20.3 Å². The number of hydrogen-bond acceptors (Lipinski definition) is 4. The van der Waals surface area contributed by atoms with Crippen molar-refractivity contribution in [3.8, 4) is 5.75 Å². The number of carbonyl (C=O) groups is 2. The van der Waals surface area contributed by atoms with E-state index < -0.39 is 0 Å². The normalized spacial score (nSPS) is 11.1. The van der Waals surface area contributed by atoms with Gasteiger partial charge in [-0.1, -0.05) is 75.8 Å². The molecule has 218 valence electrons. The van der Waals surface area contributed by atoms with Crippen LogP contribution in [0.3, 0.4) is 0 Å². The maximum Gasteiger partial charge on any atom is 0.242 e. The van der Waals surface area contributed by atoms with Gasteiger partial charge >= 0.3 is 0 Å². The Morgan fingerprint density at radius 2 is 1.55 bits per heavy atom. The van der Waals surface area contributed by atoms with Crippen LogP contribution in [0.2, 0.25) is 0 Å². The van der Waals surface area contributed by atoms with Gasteiger partial charge in [0.25, 0.3) is 0 Å². The highest BCUT2D eigenvalue weighted by Gasteiger charge is 2.22. The highest BCUT2D eigenvalue weighted by Crippen LogP contribution is 2.20. The Morgan fingerprint density at radius 1 is 0.825 bits per heavy atom. The van der Waals surface area contributed by atoms with Gasteiger partial charge in [-0.15, -0.1) is 0 Å². The van der Waals surface area contributed by atoms with Crippen LogP contribution in [-0.2, 0) is 27.3 Å². The summed E-state index contributed by atoms with van der Waals surface area (Å²) in [5.74, 6) is 0.752. The van der Waals surface area contributed by atoms with Crippen LogP contribution in [0.4, 0.5) is 0 Å². The number of benzene rings is 2. The maximum atomic E-state index is 13.7. The molecule has 0 saturated carbocycles. The van der Waals surface area contributed by atoms with E-state index in [1.807, 2.05) is 47.5 Å². The zero-order valence-electron chi connectivity index (χ0n) is 24.6. The third-order valence-electron chi connectivity index (χ3n) is 7.45. The van der Waals surface area contributed by atoms with Gasteiger partial charge in [0.1, 0.15) is 5.75 Å². The standard InChI is InChI=1S/C33H47N3O4/c1-4-5-6-7-8-9-10-15-32(37)36(22-23-39-2)26-33(38)35(25-27-16-18-29(40-3)19-17-27)21-20-28-24-34-31-14-12-11-13-30(28)31/h11-14,16-19,24,34H,4-10,15,20-23,25-26H2,1-3H3. The van der Waals surface area contributed by atoms with E-state index in [4.69, 9.17) is 9.47 Å². The second-order valence-electron chi connectivity index (χ2n) is 10.5. The Hall–Kier alpha value is -3.32. The summed E-state index contributed by atoms with van der Waals surface area (Å²) in [5, 5.41) is 1.17. The topological polar surface area (TPSA) is 74.9 Å². The third kappa shape index (κ3) is 10.0. The van der Waals surface area contributed by atoms with Crippen molar-refractivity contribution in [1.29, 1.82) is 0 Å². The molecule has 0 fully saturated rings. The summed E-state index contributed by atoms with van der Waals surface area (Å²) in [6.07, 6.45) is 11.3. The van der Waals surface area contributed by atoms with Crippen LogP contribution in [0.5, 0.6) is 5.75 Å². The zero-order valence-corrected chi connectivity index (χ0v) is 24.6. The summed E-state index contributed by atoms with van der Waals surface area (Å²) in [6, 6.07) is 16.0. The predicted molar refractivity (Wildman–Crippen MR) is 161 cm³/mol. The van der Waals surface area contributed by atoms with Crippen molar-refractivity contribution in [2.24, 2.45) is 0 Å². The van der Waals surface area contributed by atoms with Crippen molar-refractivity contribution in [2.75, 3.05) is 40.5 Å². The quantitative estimate of drug-likeness (QED) is 0.177. The number of para-hydroxylation sites is 1. The number of aromatic amines is 1. The lowest BCUT2D eigenvalue weighted by atomic mass is 10.1. The molecule has 7 nitrogen and oxygen atoms in total. The monoisotopic (exact) mass is 549 g/mol. The van der Waals surface area contributed by atoms with Crippen molar-refractivity contribution in [3.63, 3.8) is 0 Å². The zero-order chi connectivity index (χ0) is 28.6. The van der Waals surface area contributed by atoms with E-state index in [1.165, 1.54) is 36.6 Å². The number of aromatic nitrogens is 1. The number of nitrogens with zero attached hydrogens (tertiary/aromatic N) is 2. The molecule has 0 aliphatic rings. The molecule has 0 aliphatic heterocycles. The number of carbonyl (C=O) groups excluding carboxylic acids is 2. The molecule has 0 unspecified atom stereocenters. The summed E-state index contributed by atoms with van der Waals surface area (Å²) < 4.78 is 10.6. The second-order valence-corrected chi connectivity index (χ2v) is 10.5. The number of fused-ring (bicyclic) bond motifs is 1. The number of H-pyrrole nitrogens is 1. The summed E-state index contributed by atoms with van der Waals surface area (Å²) >= 11 is 0. The largest absolute Gasteiger partial charge is 0.497 e. The molecule has 7 heteroatoms. The van der Waals surface area contributed by atoms with E-state index in [0.717, 1.165) is 42.5 Å². The lowest BCUT2D eigenvalue weighted by molar-refractivity contribution is -0.141. The minimum absolute atomic E-state index is 0.0278. The summed E-state index contributed by atoms with van der Waals surface area (Å²) in [7, 11) is 3.27. The van der Waals surface area contributed by atoms with Crippen LogP contribution in [0.15, 0.2) is 54.7 Å². The number of unbranched alkanes of at least 4 members (excludes halogenated alkanes) is 6. The van der Waals surface area contributed by atoms with Crippen LogP contribution in [0, 0.1) is 0 Å². The van der Waals surface area contributed by atoms with E-state index >= 15 is 0 Å². The van der Waals surface area contributed by atoms with Crippen molar-refractivity contribution >= 4 is 22.7 Å². The molecule has 40 heavy (non-hydrogen) atoms. The van der Waals surface area contributed by atoms with Gasteiger partial charge in [-0.05, 0) is 42.2 Å². The summed E-state index contributed by atoms with van der Waals surface area (Å²) in [5.41, 5.74) is 3.28. The molecule has 0 radical (unpaired) electrons. The van der Waals surface area contributed by atoms with E-state index in [1.54, 1.807) is 19.1 Å². The molecular formula is C33H47N3O4. The van der Waals surface area contributed by atoms with E-state index in [2.05, 4.69) is 24.0 Å². The molecule has 2 aromatic carbocycles. The number of nitrogens with one attached hydrogen (secondary N) is 1. The number of methoxy groups -OCH3 is 2. The Kier molecular flexibility index (Phi) is 13.6. The molecule has 0 saturated heterocycles. The summed E-state index contributed by atoms with van der Waals surface area (Å²) in [6.45, 7) is 4.12. The van der Waals surface area contributed by atoms with Crippen LogP contribution in [-0.4, -0.2) is 67.1 Å². The van der Waals surface area contributed by atoms with Gasteiger partial charge in [-0.2, -0.15) is 0 Å². The van der Waals surface area contributed by atoms with E-state index in [0.29, 0.717) is 32.7 Å². The molecule has 1 heterocycles. The van der Waals surface area contributed by atoms with Crippen LogP contribution in [0.25, 0.3) is 10.9 Å². The molecule has 0 bridgehead atoms. The Balaban J connectivity index is 1.66. The lowest BCUT2D eigenvalue weighted by Gasteiger charge is -2.28. The smallest absolute Gasteiger partial charge is 0.242 e. The average molecular weight is 550 g/mol. The van der Waals surface area contributed by atoms with Crippen LogP contribution in [0.1, 0.15) is 69.4 Å². The van der Waals surface area contributed by atoms with Gasteiger partial charge in [0, 0.05) is 50.3 Å². The highest BCUT2D eigenvalue weighted by molar-refractivity contribution is 5.85. The molecule has 3 aromatic rings. The first-order chi connectivity index (χ1) is 19.5. The fourth-order valence-electron chi connectivity index (χ4n) is 4.99. The SMILES string of the molecule is CCCCCCCCCC(=O)N(CCOC)CC(=O)N(CCc1c[nH]c2ccccc12)Cc1ccc(OC)cc1. The minimum atomic E-state index is -0.0559. The average Bonchev–Trinajstić information content (AvgIpc) is 3.40. The first-order valence-corrected chi connectivity index (χ1v) is 14.8. The molecular weight excluding hydrogens is 502 g/mol. The fourth-order valence-corrected chi connectivity index (χ4v) is 4.99. The molecule has 2 amide bonds. The molecule has 0 atom stereocenters. The van der Waals surface area contributed by atoms with Gasteiger partial charge in [-0.25, -0.2) is 0 Å². The second kappa shape index (κ2) is 17.4. The first kappa shape index (κ1) is 31.2. The number of hydrogen-bond donors (Lipinski definition) is 1. The Bertz CT molecular complexity index is 1160. The third-order valence-corrected chi connectivity index (χ3v) is 7.45. The minimum Gasteiger partial charge on any atom is -0.497 e. The first-order valence-electron chi connectivity index (χ1n) is 14.8. The molecule has 1 aromatic heterocycles. The van der Waals surface area contributed by atoms with Gasteiger partial charge in [-0.3, -0.25) is 9.59 Å². The predicted octanol–water partition coefficient (Wildman–Crippen LogP) is 6.36. The number of rotatable bonds is 19. The van der Waals surface area contributed by atoms with Gasteiger partial charge in [0.15, 0.2) is 0 Å². The van der Waals surface area contributed by atoms with Crippen molar-refractivity contribution in [1.82, 2.24) is 14.8 Å². The van der Waals surface area contributed by atoms with E-state index in [-0.39, 0.29) is 18.4 Å². The van der Waals surface area contributed by atoms with Crippen LogP contribution >= 0.6 is 0 Å². The van der Waals surface area contributed by atoms with Crippen LogP contribution < -0.4 is 4.74 Å². The molecule has 0 aliphatic carbocycles. The molecule has 0 spiro atoms. The fraction of sp³-hybridized carbons (Fsp3) is 0.515. The maximum absolute atomic E-state index is 13.7. The molecule has 3 rings (SSSR count). The Labute approximate surface area is 239 Å². The van der Waals surface area contributed by atoms with Gasteiger partial charge in [0.2, 0.25) is 11.8 Å². The van der Waals surface area contributed by atoms with Crippen molar-refractivity contribution in [3.05, 3.63) is 65.9 Å². The van der Waals surface area contributed by atoms with Crippen molar-refractivity contribution < 1.29 is 19.1 Å². The highest BCUT2D eigenvalue weighted by atomic mass is 16.5.